The third kappa shape index (κ3) is 6.45. The van der Waals surface area contributed by atoms with Gasteiger partial charge in [-0.2, -0.15) is 0 Å². The second kappa shape index (κ2) is 11.9. The van der Waals surface area contributed by atoms with Crippen LogP contribution in [-0.4, -0.2) is 35.4 Å². The van der Waals surface area contributed by atoms with Crippen molar-refractivity contribution in [2.24, 2.45) is 0 Å². The number of rotatable bonds is 10. The highest BCUT2D eigenvalue weighted by Crippen LogP contribution is 2.39. The molecule has 3 rings (SSSR count). The molecule has 1 heterocycles. The van der Waals surface area contributed by atoms with Crippen LogP contribution >= 0.6 is 8.03 Å². The Morgan fingerprint density at radius 1 is 1.14 bits per heavy atom. The highest BCUT2D eigenvalue weighted by Gasteiger charge is 2.27. The number of esters is 1. The first-order chi connectivity index (χ1) is 16.7. The van der Waals surface area contributed by atoms with Crippen LogP contribution in [0.5, 0.6) is 0 Å². The van der Waals surface area contributed by atoms with Gasteiger partial charge in [0.05, 0.1) is 24.9 Å². The molecule has 8 heteroatoms. The minimum Gasteiger partial charge on any atom is -0.426 e. The summed E-state index contributed by atoms with van der Waals surface area (Å²) in [7, 11) is -0.792. The summed E-state index contributed by atoms with van der Waals surface area (Å²) in [5, 5.41) is 10.0. The molecule has 0 saturated heterocycles. The Labute approximate surface area is 205 Å². The van der Waals surface area contributed by atoms with E-state index in [2.05, 4.69) is 11.1 Å². The Morgan fingerprint density at radius 2 is 1.80 bits per heavy atom. The molecule has 1 aromatic heterocycles. The fourth-order valence-corrected chi connectivity index (χ4v) is 4.49. The molecule has 0 amide bonds. The topological polar surface area (TPSA) is 85.7 Å². The molecule has 2 unspecified atom stereocenters. The van der Waals surface area contributed by atoms with Gasteiger partial charge in [-0.25, -0.2) is 4.39 Å². The van der Waals surface area contributed by atoms with Crippen LogP contribution in [0.4, 0.5) is 4.39 Å². The second-order valence-electron chi connectivity index (χ2n) is 7.96. The van der Waals surface area contributed by atoms with Gasteiger partial charge in [-0.1, -0.05) is 56.0 Å². The highest BCUT2D eigenvalue weighted by atomic mass is 31.1. The smallest absolute Gasteiger partial charge is 0.426 e. The zero-order valence-electron chi connectivity index (χ0n) is 20.0. The lowest BCUT2D eigenvalue weighted by Crippen LogP contribution is -2.18. The van der Waals surface area contributed by atoms with E-state index in [1.165, 1.54) is 19.2 Å². The van der Waals surface area contributed by atoms with Crippen LogP contribution < -0.4 is 0 Å². The van der Waals surface area contributed by atoms with E-state index in [4.69, 9.17) is 9.72 Å². The van der Waals surface area contributed by atoms with Crippen molar-refractivity contribution in [1.29, 1.82) is 0 Å². The van der Waals surface area contributed by atoms with Crippen molar-refractivity contribution in [3.05, 3.63) is 83.8 Å². The first kappa shape index (κ1) is 26.4. The average Bonchev–Trinajstić information content (AvgIpc) is 2.84. The molecule has 0 saturated carbocycles. The number of hydrogen-bond donors (Lipinski definition) is 1. The van der Waals surface area contributed by atoms with Crippen molar-refractivity contribution in [1.82, 2.24) is 4.98 Å². The maximum absolute atomic E-state index is 13.7. The largest absolute Gasteiger partial charge is 0.510 e. The zero-order valence-corrected chi connectivity index (χ0v) is 20.8. The molecule has 3 aromatic rings. The third-order valence-corrected chi connectivity index (χ3v) is 6.64. The molecule has 0 aliphatic carbocycles. The van der Waals surface area contributed by atoms with Crippen molar-refractivity contribution in [2.75, 3.05) is 13.3 Å². The number of aromatic nitrogens is 1. The standard InChI is InChI=1S/C27H28FNO5P/c1-5-23-26(18(3)34-24(31)15-22(30)16-35(32)33-4)25(19-11-13-21(28)14-12-19)17(2)27(29-23)20-9-7-6-8-10-20/h6-14,22,30H,3,5,15-16H2,1-2,4H3/q+1. The summed E-state index contributed by atoms with van der Waals surface area (Å²) in [5.41, 5.74) is 5.18. The molecule has 1 N–H and O–H groups in total. The Kier molecular flexibility index (Phi) is 8.99. The molecular formula is C27H28FNO5P+. The van der Waals surface area contributed by atoms with E-state index in [-0.39, 0.29) is 24.2 Å². The molecule has 0 spiro atoms. The van der Waals surface area contributed by atoms with Crippen molar-refractivity contribution < 1.29 is 28.1 Å². The molecule has 182 valence electrons. The van der Waals surface area contributed by atoms with Gasteiger partial charge < -0.3 is 9.84 Å². The first-order valence-corrected chi connectivity index (χ1v) is 12.5. The van der Waals surface area contributed by atoms with Crippen LogP contribution in [0, 0.1) is 12.7 Å². The molecule has 6 nitrogen and oxygen atoms in total. The number of aryl methyl sites for hydroxylation is 1. The minimum absolute atomic E-state index is 0.0738. The van der Waals surface area contributed by atoms with E-state index in [9.17, 15) is 18.9 Å². The van der Waals surface area contributed by atoms with Gasteiger partial charge in [0.15, 0.2) is 0 Å². The van der Waals surface area contributed by atoms with Gasteiger partial charge in [0, 0.05) is 11.1 Å². The predicted molar refractivity (Wildman–Crippen MR) is 134 cm³/mol. The molecule has 2 atom stereocenters. The van der Waals surface area contributed by atoms with Crippen LogP contribution in [0.15, 0.2) is 61.2 Å². The SMILES string of the molecule is C=C(OC(=O)CC(O)C[P+](=O)OC)c1c(CC)nc(-c2ccccc2)c(C)c1-c1ccc(F)cc1. The van der Waals surface area contributed by atoms with Crippen LogP contribution in [-0.2, 0) is 25.0 Å². The normalized spacial score (nSPS) is 12.2. The van der Waals surface area contributed by atoms with Crippen LogP contribution in [0.2, 0.25) is 0 Å². The number of halogens is 1. The van der Waals surface area contributed by atoms with Gasteiger partial charge in [0.2, 0.25) is 6.16 Å². The number of carbonyl (C=O) groups is 1. The number of benzene rings is 2. The molecule has 0 radical (unpaired) electrons. The summed E-state index contributed by atoms with van der Waals surface area (Å²) >= 11 is 0. The van der Waals surface area contributed by atoms with Crippen LogP contribution in [0.1, 0.15) is 30.2 Å². The number of aliphatic hydroxyl groups is 1. The molecule has 2 aromatic carbocycles. The number of carbonyl (C=O) groups excluding carboxylic acids is 1. The van der Waals surface area contributed by atoms with Crippen LogP contribution in [0.3, 0.4) is 0 Å². The van der Waals surface area contributed by atoms with E-state index in [1.807, 2.05) is 44.2 Å². The molecule has 35 heavy (non-hydrogen) atoms. The van der Waals surface area contributed by atoms with Gasteiger partial charge in [-0.05, 0) is 46.7 Å². The van der Waals surface area contributed by atoms with Crippen molar-refractivity contribution >= 4 is 19.8 Å². The summed E-state index contributed by atoms with van der Waals surface area (Å²) in [6.07, 6.45) is -1.20. The fourth-order valence-electron chi connectivity index (χ4n) is 3.87. The maximum atomic E-state index is 13.7. The van der Waals surface area contributed by atoms with Gasteiger partial charge >= 0.3 is 14.0 Å². The number of pyridine rings is 1. The van der Waals surface area contributed by atoms with Crippen molar-refractivity contribution in [3.8, 4) is 22.4 Å². The van der Waals surface area contributed by atoms with Crippen LogP contribution in [0.25, 0.3) is 28.1 Å². The summed E-state index contributed by atoms with van der Waals surface area (Å²) in [5.74, 6) is -1.02. The molecule has 0 bridgehead atoms. The third-order valence-electron chi connectivity index (χ3n) is 5.51. The van der Waals surface area contributed by atoms with Crippen molar-refractivity contribution in [3.63, 3.8) is 0 Å². The van der Waals surface area contributed by atoms with Gasteiger partial charge in [0.1, 0.15) is 17.7 Å². The Morgan fingerprint density at radius 3 is 2.40 bits per heavy atom. The molecule has 0 aliphatic rings. The van der Waals surface area contributed by atoms with Gasteiger partial charge in [-0.15, -0.1) is 4.52 Å². The quantitative estimate of drug-likeness (QED) is 0.208. The second-order valence-corrected chi connectivity index (χ2v) is 9.36. The number of nitrogens with zero attached hydrogens (tertiary/aromatic N) is 1. The van der Waals surface area contributed by atoms with E-state index < -0.39 is 20.1 Å². The monoisotopic (exact) mass is 496 g/mol. The van der Waals surface area contributed by atoms with Crippen molar-refractivity contribution in [2.45, 2.75) is 32.8 Å². The molecular weight excluding hydrogens is 468 g/mol. The maximum Gasteiger partial charge on any atom is 0.510 e. The average molecular weight is 496 g/mol. The fraction of sp³-hybridized carbons (Fsp3) is 0.259. The number of ether oxygens (including phenoxy) is 1. The highest BCUT2D eigenvalue weighted by molar-refractivity contribution is 7.39. The van der Waals surface area contributed by atoms with Gasteiger partial charge in [-0.3, -0.25) is 9.78 Å². The van der Waals surface area contributed by atoms with E-state index in [1.54, 1.807) is 12.1 Å². The summed E-state index contributed by atoms with van der Waals surface area (Å²) in [6.45, 7) is 7.83. The predicted octanol–water partition coefficient (Wildman–Crippen LogP) is 6.08. The Balaban J connectivity index is 2.06. The first-order valence-electron chi connectivity index (χ1n) is 11.2. The van der Waals surface area contributed by atoms with E-state index in [0.717, 1.165) is 27.9 Å². The zero-order chi connectivity index (χ0) is 25.5. The van der Waals surface area contributed by atoms with E-state index >= 15 is 0 Å². The molecule has 0 aliphatic heterocycles. The lowest BCUT2D eigenvalue weighted by Gasteiger charge is -2.21. The Hall–Kier alpha value is -3.25. The Bertz CT molecular complexity index is 1230. The molecule has 0 fully saturated rings. The lowest BCUT2D eigenvalue weighted by atomic mass is 9.89. The number of hydrogen-bond acceptors (Lipinski definition) is 6. The number of aliphatic hydroxyl groups excluding tert-OH is 1. The summed E-state index contributed by atoms with van der Waals surface area (Å²) in [6, 6.07) is 15.8. The minimum atomic E-state index is -2.06. The summed E-state index contributed by atoms with van der Waals surface area (Å²) < 4.78 is 35.4. The van der Waals surface area contributed by atoms with E-state index in [0.29, 0.717) is 17.7 Å². The van der Waals surface area contributed by atoms with Gasteiger partial charge in [0.25, 0.3) is 0 Å². The summed E-state index contributed by atoms with van der Waals surface area (Å²) in [4.78, 5) is 17.4. The lowest BCUT2D eigenvalue weighted by molar-refractivity contribution is -0.138.